The van der Waals surface area contributed by atoms with Crippen LogP contribution < -0.4 is 10.6 Å². The van der Waals surface area contributed by atoms with Gasteiger partial charge in [-0.15, -0.1) is 0 Å². The van der Waals surface area contributed by atoms with Crippen molar-refractivity contribution in [2.75, 3.05) is 0 Å². The van der Waals surface area contributed by atoms with E-state index in [1.165, 1.54) is 0 Å². The van der Waals surface area contributed by atoms with Crippen LogP contribution in [0.5, 0.6) is 0 Å². The summed E-state index contributed by atoms with van der Waals surface area (Å²) in [5, 5.41) is 9.08. The average molecular weight is 506 g/mol. The van der Waals surface area contributed by atoms with Gasteiger partial charge in [-0.1, -0.05) is 91.0 Å². The van der Waals surface area contributed by atoms with Gasteiger partial charge in [0.15, 0.2) is 0 Å². The van der Waals surface area contributed by atoms with Crippen LogP contribution in [-0.4, -0.2) is 22.5 Å². The van der Waals surface area contributed by atoms with Gasteiger partial charge in [-0.3, -0.25) is 4.79 Å². The maximum Gasteiger partial charge on any atom is 0.408 e. The number of ether oxygens (including phenoxy) is 1. The molecule has 1 aromatic heterocycles. The zero-order valence-corrected chi connectivity index (χ0v) is 21.5. The molecule has 0 saturated carbocycles. The van der Waals surface area contributed by atoms with E-state index in [0.29, 0.717) is 0 Å². The van der Waals surface area contributed by atoms with E-state index in [1.807, 2.05) is 110 Å². The van der Waals surface area contributed by atoms with Gasteiger partial charge in [0.1, 0.15) is 12.1 Å². The number of fused-ring (bicyclic) bond motifs is 2. The first-order chi connectivity index (χ1) is 18.4. The number of carbonyl (C=O) groups is 2. The summed E-state index contributed by atoms with van der Waals surface area (Å²) in [5.74, 6) is -0.291. The minimum Gasteiger partial charge on any atom is -0.445 e. The second kappa shape index (κ2) is 10.8. The first kappa shape index (κ1) is 25.1. The minimum absolute atomic E-state index is 0.0956. The highest BCUT2D eigenvalue weighted by molar-refractivity contribution is 5.92. The Morgan fingerprint density at radius 3 is 2.34 bits per heavy atom. The number of benzene rings is 4. The molecule has 0 aliphatic heterocycles. The van der Waals surface area contributed by atoms with Gasteiger partial charge in [0.05, 0.1) is 6.04 Å². The predicted octanol–water partition coefficient (Wildman–Crippen LogP) is 6.43. The molecule has 2 amide bonds. The molecular formula is C32H31N3O3. The summed E-state index contributed by atoms with van der Waals surface area (Å²) in [7, 11) is 0. The van der Waals surface area contributed by atoms with Crippen LogP contribution in [0.3, 0.4) is 0 Å². The monoisotopic (exact) mass is 505 g/mol. The Morgan fingerprint density at radius 2 is 1.53 bits per heavy atom. The number of carbonyl (C=O) groups excluding carboxylic acids is 2. The Bertz CT molecular complexity index is 1570. The molecule has 0 spiro atoms. The number of aromatic nitrogens is 1. The van der Waals surface area contributed by atoms with E-state index in [4.69, 9.17) is 4.74 Å². The fourth-order valence-corrected chi connectivity index (χ4v) is 4.84. The molecule has 0 aliphatic carbocycles. The first-order valence-corrected chi connectivity index (χ1v) is 12.8. The standard InChI is InChI=1S/C32H31N3O3/c1-22(23-11-4-3-5-12-23)34-30(36)32(2,19-26-20-33-29-18-9-8-17-28(26)29)35-31(37)38-21-25-15-10-14-24-13-6-7-16-27(24)25/h3-18,20,22,33H,19,21H2,1-2H3,(H,34,36)(H,35,37). The van der Waals surface area contributed by atoms with E-state index >= 15 is 0 Å². The topological polar surface area (TPSA) is 83.2 Å². The highest BCUT2D eigenvalue weighted by atomic mass is 16.5. The third-order valence-corrected chi connectivity index (χ3v) is 6.98. The Kier molecular flexibility index (Phi) is 7.13. The van der Waals surface area contributed by atoms with E-state index in [9.17, 15) is 9.59 Å². The maximum atomic E-state index is 13.7. The molecule has 0 radical (unpaired) electrons. The second-order valence-corrected chi connectivity index (χ2v) is 9.81. The minimum atomic E-state index is -1.26. The number of hydrogen-bond acceptors (Lipinski definition) is 3. The van der Waals surface area contributed by atoms with Crippen LogP contribution in [0.1, 0.15) is 36.6 Å². The fourth-order valence-electron chi connectivity index (χ4n) is 4.84. The van der Waals surface area contributed by atoms with Crippen molar-refractivity contribution >= 4 is 33.7 Å². The normalized spacial score (nSPS) is 13.5. The van der Waals surface area contributed by atoms with E-state index in [1.54, 1.807) is 6.92 Å². The molecule has 1 heterocycles. The summed E-state index contributed by atoms with van der Waals surface area (Å²) in [6.07, 6.45) is 1.52. The Balaban J connectivity index is 1.36. The molecule has 3 N–H and O–H groups in total. The number of para-hydroxylation sites is 1. The van der Waals surface area contributed by atoms with Crippen LogP contribution in [0.25, 0.3) is 21.7 Å². The lowest BCUT2D eigenvalue weighted by atomic mass is 9.91. The number of H-pyrrole nitrogens is 1. The number of hydrogen-bond donors (Lipinski definition) is 3. The molecule has 4 aromatic carbocycles. The highest BCUT2D eigenvalue weighted by Crippen LogP contribution is 2.25. The molecule has 6 nitrogen and oxygen atoms in total. The average Bonchev–Trinajstić information content (AvgIpc) is 3.34. The van der Waals surface area contributed by atoms with E-state index in [0.717, 1.165) is 38.4 Å². The zero-order valence-electron chi connectivity index (χ0n) is 21.5. The summed E-state index contributed by atoms with van der Waals surface area (Å²) in [4.78, 5) is 30.1. The molecule has 5 rings (SSSR count). The fraction of sp³-hybridized carbons (Fsp3) is 0.188. The van der Waals surface area contributed by atoms with Crippen LogP contribution in [0.15, 0.2) is 103 Å². The third-order valence-electron chi connectivity index (χ3n) is 6.98. The quantitative estimate of drug-likeness (QED) is 0.227. The summed E-state index contributed by atoms with van der Waals surface area (Å²) in [5.41, 5.74) is 2.53. The molecule has 2 unspecified atom stereocenters. The molecule has 0 bridgehead atoms. The molecule has 0 aliphatic rings. The van der Waals surface area contributed by atoms with Crippen LogP contribution >= 0.6 is 0 Å². The van der Waals surface area contributed by atoms with Crippen molar-refractivity contribution in [1.29, 1.82) is 0 Å². The molecule has 38 heavy (non-hydrogen) atoms. The number of alkyl carbamates (subject to hydrolysis) is 1. The van der Waals surface area contributed by atoms with Crippen LogP contribution in [0, 0.1) is 0 Å². The lowest BCUT2D eigenvalue weighted by molar-refractivity contribution is -0.127. The summed E-state index contributed by atoms with van der Waals surface area (Å²) >= 11 is 0. The van der Waals surface area contributed by atoms with Gasteiger partial charge in [-0.2, -0.15) is 0 Å². The molecule has 5 aromatic rings. The number of aromatic amines is 1. The predicted molar refractivity (Wildman–Crippen MR) is 151 cm³/mol. The molecule has 192 valence electrons. The van der Waals surface area contributed by atoms with E-state index in [-0.39, 0.29) is 25.0 Å². The summed E-state index contributed by atoms with van der Waals surface area (Å²) in [6.45, 7) is 3.76. The summed E-state index contributed by atoms with van der Waals surface area (Å²) in [6, 6.07) is 31.3. The van der Waals surface area contributed by atoms with Crippen LogP contribution in [0.2, 0.25) is 0 Å². The molecule has 2 atom stereocenters. The molecule has 6 heteroatoms. The van der Waals surface area contributed by atoms with Gasteiger partial charge in [0.2, 0.25) is 5.91 Å². The third kappa shape index (κ3) is 5.39. The number of amides is 2. The SMILES string of the molecule is CC(NC(=O)C(C)(Cc1c[nH]c2ccccc12)NC(=O)OCc1cccc2ccccc12)c1ccccc1. The van der Waals surface area contributed by atoms with Gasteiger partial charge in [0.25, 0.3) is 0 Å². The Morgan fingerprint density at radius 1 is 0.842 bits per heavy atom. The number of nitrogens with one attached hydrogen (secondary N) is 3. The maximum absolute atomic E-state index is 13.7. The first-order valence-electron chi connectivity index (χ1n) is 12.8. The van der Waals surface area contributed by atoms with Crippen LogP contribution in [-0.2, 0) is 22.6 Å². The molecule has 0 fully saturated rings. The second-order valence-electron chi connectivity index (χ2n) is 9.81. The van der Waals surface area contributed by atoms with Crippen molar-refractivity contribution in [2.45, 2.75) is 38.5 Å². The van der Waals surface area contributed by atoms with Gasteiger partial charge < -0.3 is 20.4 Å². The van der Waals surface area contributed by atoms with Crippen LogP contribution in [0.4, 0.5) is 4.79 Å². The van der Waals surface area contributed by atoms with Gasteiger partial charge in [-0.05, 0) is 47.4 Å². The van der Waals surface area contributed by atoms with Gasteiger partial charge >= 0.3 is 6.09 Å². The lowest BCUT2D eigenvalue weighted by Crippen LogP contribution is -2.58. The van der Waals surface area contributed by atoms with E-state index in [2.05, 4.69) is 15.6 Å². The molecule has 0 saturated heterocycles. The summed E-state index contributed by atoms with van der Waals surface area (Å²) < 4.78 is 5.64. The largest absolute Gasteiger partial charge is 0.445 e. The van der Waals surface area contributed by atoms with Crippen molar-refractivity contribution in [3.8, 4) is 0 Å². The zero-order chi connectivity index (χ0) is 26.5. The lowest BCUT2D eigenvalue weighted by Gasteiger charge is -2.31. The van der Waals surface area contributed by atoms with E-state index < -0.39 is 11.6 Å². The van der Waals surface area contributed by atoms with Crippen molar-refractivity contribution in [3.63, 3.8) is 0 Å². The van der Waals surface area contributed by atoms with Crippen molar-refractivity contribution in [2.24, 2.45) is 0 Å². The van der Waals surface area contributed by atoms with Crippen molar-refractivity contribution < 1.29 is 14.3 Å². The van der Waals surface area contributed by atoms with Crippen molar-refractivity contribution in [3.05, 3.63) is 120 Å². The Hall–Kier alpha value is -4.58. The highest BCUT2D eigenvalue weighted by Gasteiger charge is 2.37. The molecular weight excluding hydrogens is 474 g/mol. The van der Waals surface area contributed by atoms with Gasteiger partial charge in [0, 0.05) is 23.5 Å². The Labute approximate surface area is 222 Å². The van der Waals surface area contributed by atoms with Crippen molar-refractivity contribution in [1.82, 2.24) is 15.6 Å². The smallest absolute Gasteiger partial charge is 0.408 e. The number of rotatable bonds is 8. The van der Waals surface area contributed by atoms with Gasteiger partial charge in [-0.25, -0.2) is 4.79 Å².